The van der Waals surface area contributed by atoms with Crippen LogP contribution in [0.15, 0.2) is 44.6 Å². The fraction of sp³-hybridized carbons (Fsp3) is 0.222. The Bertz CT molecular complexity index is 1330. The minimum absolute atomic E-state index is 0.000229. The van der Waals surface area contributed by atoms with Crippen LogP contribution >= 0.6 is 0 Å². The first-order valence-electron chi connectivity index (χ1n) is 8.49. The molecule has 0 saturated heterocycles. The van der Waals surface area contributed by atoms with Crippen molar-refractivity contribution < 1.29 is 13.9 Å². The number of furan rings is 1. The summed E-state index contributed by atoms with van der Waals surface area (Å²) in [4.78, 5) is 41.9. The molecule has 0 aliphatic rings. The topological polar surface area (TPSA) is 122 Å². The average Bonchev–Trinajstić information content (AvgIpc) is 3.03. The molecular weight excluding hydrogens is 366 g/mol. The highest BCUT2D eigenvalue weighted by molar-refractivity contribution is 6.03. The van der Waals surface area contributed by atoms with Gasteiger partial charge in [0.15, 0.2) is 0 Å². The molecule has 0 atom stereocenters. The van der Waals surface area contributed by atoms with E-state index in [4.69, 9.17) is 9.15 Å². The van der Waals surface area contributed by atoms with Crippen LogP contribution in [0.1, 0.15) is 23.0 Å². The van der Waals surface area contributed by atoms with Gasteiger partial charge < -0.3 is 9.15 Å². The number of esters is 1. The third kappa shape index (κ3) is 2.75. The molecule has 3 aromatic heterocycles. The van der Waals surface area contributed by atoms with Crippen molar-refractivity contribution in [3.63, 3.8) is 0 Å². The van der Waals surface area contributed by atoms with E-state index in [2.05, 4.69) is 15.3 Å². The number of nitrogens with zero attached hydrogens (tertiary/aromatic N) is 5. The zero-order valence-electron chi connectivity index (χ0n) is 15.1. The van der Waals surface area contributed by atoms with Crippen molar-refractivity contribution in [2.24, 2.45) is 0 Å². The van der Waals surface area contributed by atoms with Gasteiger partial charge >= 0.3 is 5.97 Å². The maximum absolute atomic E-state index is 12.9. The fourth-order valence-electron chi connectivity index (χ4n) is 2.95. The van der Waals surface area contributed by atoms with Crippen molar-refractivity contribution in [2.75, 3.05) is 6.61 Å². The van der Waals surface area contributed by atoms with E-state index in [0.29, 0.717) is 10.9 Å². The Morgan fingerprint density at radius 2 is 2.00 bits per heavy atom. The lowest BCUT2D eigenvalue weighted by atomic mass is 10.2. The minimum atomic E-state index is -0.668. The molecule has 0 N–H and O–H groups in total. The summed E-state index contributed by atoms with van der Waals surface area (Å²) in [7, 11) is 0. The van der Waals surface area contributed by atoms with Crippen LogP contribution < -0.4 is 11.1 Å². The summed E-state index contributed by atoms with van der Waals surface area (Å²) in [6.45, 7) is 3.15. The Labute approximate surface area is 157 Å². The average molecular weight is 381 g/mol. The van der Waals surface area contributed by atoms with Crippen LogP contribution in [0.4, 0.5) is 0 Å². The van der Waals surface area contributed by atoms with Crippen LogP contribution in [0, 0.1) is 6.92 Å². The maximum atomic E-state index is 12.9. The van der Waals surface area contributed by atoms with E-state index in [-0.39, 0.29) is 35.7 Å². The lowest BCUT2D eigenvalue weighted by Gasteiger charge is -2.07. The molecular formula is C18H15N5O5. The van der Waals surface area contributed by atoms with Crippen LogP contribution in [0.25, 0.3) is 22.0 Å². The number of ether oxygens (including phenoxy) is 1. The van der Waals surface area contributed by atoms with Gasteiger partial charge in [-0.3, -0.25) is 14.2 Å². The van der Waals surface area contributed by atoms with Gasteiger partial charge in [0, 0.05) is 0 Å². The summed E-state index contributed by atoms with van der Waals surface area (Å²) < 4.78 is 12.6. The quantitative estimate of drug-likeness (QED) is 0.481. The highest BCUT2D eigenvalue weighted by Crippen LogP contribution is 2.21. The Hall–Kier alpha value is -3.82. The van der Waals surface area contributed by atoms with Gasteiger partial charge in [-0.25, -0.2) is 9.78 Å². The number of benzene rings is 1. The van der Waals surface area contributed by atoms with Gasteiger partial charge in [-0.05, 0) is 26.0 Å². The number of hydrogen-bond acceptors (Lipinski definition) is 8. The summed E-state index contributed by atoms with van der Waals surface area (Å²) in [5.41, 5.74) is -0.433. The fourth-order valence-corrected chi connectivity index (χ4v) is 2.95. The monoisotopic (exact) mass is 381 g/mol. The van der Waals surface area contributed by atoms with Crippen molar-refractivity contribution in [3.05, 3.63) is 62.6 Å². The summed E-state index contributed by atoms with van der Waals surface area (Å²) in [5.74, 6) is -0.434. The second-order valence-corrected chi connectivity index (χ2v) is 6.01. The molecule has 0 bridgehead atoms. The van der Waals surface area contributed by atoms with E-state index in [1.807, 2.05) is 0 Å². The van der Waals surface area contributed by atoms with Crippen LogP contribution in [0.3, 0.4) is 0 Å². The molecule has 0 radical (unpaired) electrons. The zero-order chi connectivity index (χ0) is 19.8. The molecule has 0 fully saturated rings. The molecule has 0 saturated carbocycles. The Morgan fingerprint density at radius 1 is 1.21 bits per heavy atom. The van der Waals surface area contributed by atoms with Crippen molar-refractivity contribution in [2.45, 2.75) is 20.5 Å². The van der Waals surface area contributed by atoms with Gasteiger partial charge in [-0.15, -0.1) is 5.10 Å². The Balaban J connectivity index is 1.84. The molecule has 10 nitrogen and oxygen atoms in total. The van der Waals surface area contributed by atoms with E-state index in [1.54, 1.807) is 38.1 Å². The second-order valence-electron chi connectivity index (χ2n) is 6.01. The molecule has 0 aliphatic heterocycles. The molecule has 1 aromatic carbocycles. The van der Waals surface area contributed by atoms with Gasteiger partial charge in [0.05, 0.1) is 12.0 Å². The second kappa shape index (κ2) is 6.72. The number of carbonyl (C=O) groups excluding carboxylic acids is 1. The van der Waals surface area contributed by atoms with Crippen molar-refractivity contribution >= 4 is 28.0 Å². The number of rotatable bonds is 4. The lowest BCUT2D eigenvalue weighted by Crippen LogP contribution is -2.32. The van der Waals surface area contributed by atoms with Crippen molar-refractivity contribution in [1.82, 2.24) is 24.5 Å². The van der Waals surface area contributed by atoms with Crippen LogP contribution in [0.2, 0.25) is 0 Å². The highest BCUT2D eigenvalue weighted by atomic mass is 16.5. The molecule has 0 amide bonds. The third-order valence-electron chi connectivity index (χ3n) is 4.25. The first-order valence-corrected chi connectivity index (χ1v) is 8.49. The van der Waals surface area contributed by atoms with Gasteiger partial charge in [0.2, 0.25) is 5.71 Å². The predicted octanol–water partition coefficient (Wildman–Crippen LogP) is 1.09. The maximum Gasteiger partial charge on any atom is 0.342 e. The lowest BCUT2D eigenvalue weighted by molar-refractivity contribution is 0.0526. The van der Waals surface area contributed by atoms with Crippen molar-refractivity contribution in [1.29, 1.82) is 0 Å². The third-order valence-corrected chi connectivity index (χ3v) is 4.25. The van der Waals surface area contributed by atoms with Crippen LogP contribution in [-0.4, -0.2) is 37.1 Å². The number of carbonyl (C=O) groups is 1. The molecule has 28 heavy (non-hydrogen) atoms. The summed E-state index contributed by atoms with van der Waals surface area (Å²) >= 11 is 0. The summed E-state index contributed by atoms with van der Waals surface area (Å²) in [5, 5.41) is 8.24. The molecule has 0 aliphatic carbocycles. The molecule has 10 heteroatoms. The Kier molecular flexibility index (Phi) is 4.22. The molecule has 4 aromatic rings. The van der Waals surface area contributed by atoms with Crippen LogP contribution in [-0.2, 0) is 11.4 Å². The molecule has 3 heterocycles. The molecule has 0 spiro atoms. The van der Waals surface area contributed by atoms with E-state index in [9.17, 15) is 14.4 Å². The molecule has 142 valence electrons. The van der Waals surface area contributed by atoms with E-state index >= 15 is 0 Å². The molecule has 0 unspecified atom stereocenters. The van der Waals surface area contributed by atoms with E-state index < -0.39 is 17.1 Å². The number of hydrogen-bond donors (Lipinski definition) is 0. The summed E-state index contributed by atoms with van der Waals surface area (Å²) in [6, 6.07) is 6.77. The van der Waals surface area contributed by atoms with E-state index in [0.717, 1.165) is 9.25 Å². The smallest absolute Gasteiger partial charge is 0.342 e. The standard InChI is InChI=1S/C18H15N5O5/c1-3-27-18(26)13-10(2)28-15-14(13)17(25)22(8-19-15)9-23-16(24)11-6-4-5-7-12(11)20-21-23/h4-8H,3,9H2,1-2H3. The first-order chi connectivity index (χ1) is 13.5. The predicted molar refractivity (Wildman–Crippen MR) is 98.2 cm³/mol. The minimum Gasteiger partial charge on any atom is -0.462 e. The SMILES string of the molecule is CCOC(=O)c1c(C)oc2ncn(Cn3nnc4ccccc4c3=O)c(=O)c12. The summed E-state index contributed by atoms with van der Waals surface area (Å²) in [6.07, 6.45) is 1.23. The van der Waals surface area contributed by atoms with Crippen LogP contribution in [0.5, 0.6) is 0 Å². The largest absolute Gasteiger partial charge is 0.462 e. The normalized spacial score (nSPS) is 11.2. The van der Waals surface area contributed by atoms with Gasteiger partial charge in [0.1, 0.15) is 35.2 Å². The van der Waals surface area contributed by atoms with Gasteiger partial charge in [0.25, 0.3) is 11.1 Å². The zero-order valence-corrected chi connectivity index (χ0v) is 15.1. The number of aryl methyl sites for hydroxylation is 1. The van der Waals surface area contributed by atoms with Gasteiger partial charge in [-0.2, -0.15) is 4.68 Å². The highest BCUT2D eigenvalue weighted by Gasteiger charge is 2.24. The first kappa shape index (κ1) is 17.6. The van der Waals surface area contributed by atoms with Crippen molar-refractivity contribution in [3.8, 4) is 0 Å². The Morgan fingerprint density at radius 3 is 2.79 bits per heavy atom. The number of fused-ring (bicyclic) bond motifs is 2. The number of aromatic nitrogens is 5. The van der Waals surface area contributed by atoms with Gasteiger partial charge in [-0.1, -0.05) is 17.3 Å². The molecule has 4 rings (SSSR count). The van der Waals surface area contributed by atoms with E-state index in [1.165, 1.54) is 6.33 Å².